The highest BCUT2D eigenvalue weighted by Gasteiger charge is 2.17. The highest BCUT2D eigenvalue weighted by atomic mass is 127. The summed E-state index contributed by atoms with van der Waals surface area (Å²) < 4.78 is 5.55. The first-order valence-electron chi connectivity index (χ1n) is 7.62. The maximum Gasteiger partial charge on any atom is 0.214 e. The molecule has 2 aromatic heterocycles. The summed E-state index contributed by atoms with van der Waals surface area (Å²) in [7, 11) is 1.74. The quantitative estimate of drug-likeness (QED) is 0.412. The van der Waals surface area contributed by atoms with Crippen molar-refractivity contribution in [2.24, 2.45) is 4.99 Å². The third-order valence-electron chi connectivity index (χ3n) is 3.43. The Labute approximate surface area is 164 Å². The Morgan fingerprint density at radius 2 is 1.88 bits per heavy atom. The van der Waals surface area contributed by atoms with Gasteiger partial charge >= 0.3 is 0 Å². The van der Waals surface area contributed by atoms with Crippen molar-refractivity contribution in [3.8, 4) is 0 Å². The summed E-state index contributed by atoms with van der Waals surface area (Å²) in [4.78, 5) is 13.2. The van der Waals surface area contributed by atoms with Crippen LogP contribution in [-0.4, -0.2) is 23.0 Å². The summed E-state index contributed by atoms with van der Waals surface area (Å²) >= 11 is 1.66. The van der Waals surface area contributed by atoms with Gasteiger partial charge in [-0.3, -0.25) is 4.99 Å². The molecule has 2 N–H and O–H groups in total. The maximum atomic E-state index is 5.55. The molecule has 6 nitrogen and oxygen atoms in total. The van der Waals surface area contributed by atoms with E-state index < -0.39 is 0 Å². The summed E-state index contributed by atoms with van der Waals surface area (Å²) in [6.45, 7) is 11.5. The van der Waals surface area contributed by atoms with Crippen LogP contribution in [0.1, 0.15) is 48.8 Å². The van der Waals surface area contributed by atoms with Crippen LogP contribution in [0.2, 0.25) is 0 Å². The second-order valence-corrected chi connectivity index (χ2v) is 7.35. The zero-order chi connectivity index (χ0) is 17.0. The highest BCUT2D eigenvalue weighted by molar-refractivity contribution is 14.0. The van der Waals surface area contributed by atoms with Gasteiger partial charge in [-0.05, 0) is 13.8 Å². The van der Waals surface area contributed by atoms with Crippen molar-refractivity contribution >= 4 is 41.3 Å². The molecule has 134 valence electrons. The molecule has 0 radical (unpaired) electrons. The van der Waals surface area contributed by atoms with Crippen LogP contribution in [0.25, 0.3) is 0 Å². The number of thiazole rings is 1. The molecule has 0 atom stereocenters. The van der Waals surface area contributed by atoms with Gasteiger partial charge in [-0.25, -0.2) is 9.97 Å². The first kappa shape index (κ1) is 20.9. The van der Waals surface area contributed by atoms with E-state index in [1.54, 1.807) is 18.4 Å². The van der Waals surface area contributed by atoms with Gasteiger partial charge in [0.15, 0.2) is 5.96 Å². The van der Waals surface area contributed by atoms with Gasteiger partial charge in [-0.15, -0.1) is 35.3 Å². The molecule has 8 heteroatoms. The summed E-state index contributed by atoms with van der Waals surface area (Å²) in [5.74, 6) is 2.21. The molecule has 0 saturated carbocycles. The number of hydrogen-bond acceptors (Lipinski definition) is 5. The Kier molecular flexibility index (Phi) is 7.65. The number of guanidine groups is 1. The Bertz CT molecular complexity index is 667. The normalized spacial score (nSPS) is 12.0. The minimum Gasteiger partial charge on any atom is -0.444 e. The third-order valence-corrected chi connectivity index (χ3v) is 4.28. The fourth-order valence-electron chi connectivity index (χ4n) is 1.89. The van der Waals surface area contributed by atoms with E-state index in [4.69, 9.17) is 4.42 Å². The van der Waals surface area contributed by atoms with Gasteiger partial charge in [0.1, 0.15) is 10.8 Å². The van der Waals surface area contributed by atoms with Crippen molar-refractivity contribution in [2.45, 2.75) is 53.1 Å². The molecule has 0 aliphatic heterocycles. The fourth-order valence-corrected chi connectivity index (χ4v) is 2.85. The van der Waals surface area contributed by atoms with E-state index in [1.165, 1.54) is 0 Å². The molecule has 2 aromatic rings. The van der Waals surface area contributed by atoms with Gasteiger partial charge in [0.05, 0.1) is 24.5 Å². The van der Waals surface area contributed by atoms with Gasteiger partial charge in [0, 0.05) is 17.8 Å². The average Bonchev–Trinajstić information content (AvgIpc) is 3.06. The molecule has 0 fully saturated rings. The van der Waals surface area contributed by atoms with Crippen molar-refractivity contribution in [1.82, 2.24) is 20.6 Å². The number of aromatic nitrogens is 2. The Morgan fingerprint density at radius 1 is 1.21 bits per heavy atom. The first-order chi connectivity index (χ1) is 10.8. The number of hydrogen-bond donors (Lipinski definition) is 2. The van der Waals surface area contributed by atoms with E-state index in [-0.39, 0.29) is 29.4 Å². The van der Waals surface area contributed by atoms with Crippen molar-refractivity contribution in [2.75, 3.05) is 7.05 Å². The molecule has 0 amide bonds. The van der Waals surface area contributed by atoms with Crippen LogP contribution in [-0.2, 0) is 18.5 Å². The summed E-state index contributed by atoms with van der Waals surface area (Å²) in [6, 6.07) is 0. The van der Waals surface area contributed by atoms with Crippen LogP contribution < -0.4 is 10.6 Å². The van der Waals surface area contributed by atoms with Crippen molar-refractivity contribution in [1.29, 1.82) is 0 Å². The Balaban J connectivity index is 0.00000288. The van der Waals surface area contributed by atoms with E-state index in [9.17, 15) is 0 Å². The van der Waals surface area contributed by atoms with Crippen LogP contribution >= 0.6 is 35.3 Å². The van der Waals surface area contributed by atoms with E-state index in [2.05, 4.69) is 51.7 Å². The van der Waals surface area contributed by atoms with Gasteiger partial charge in [-0.2, -0.15) is 0 Å². The summed E-state index contributed by atoms with van der Waals surface area (Å²) in [5.41, 5.74) is 2.12. The van der Waals surface area contributed by atoms with E-state index >= 15 is 0 Å². The number of nitrogens with one attached hydrogen (secondary N) is 2. The molecule has 0 aliphatic rings. The van der Waals surface area contributed by atoms with Crippen LogP contribution in [0.15, 0.2) is 14.8 Å². The van der Waals surface area contributed by atoms with E-state index in [0.29, 0.717) is 24.9 Å². The van der Waals surface area contributed by atoms with Crippen molar-refractivity contribution in [3.63, 3.8) is 0 Å². The number of rotatable bonds is 4. The van der Waals surface area contributed by atoms with Gasteiger partial charge in [-0.1, -0.05) is 20.8 Å². The lowest BCUT2D eigenvalue weighted by Gasteiger charge is -2.14. The predicted molar refractivity (Wildman–Crippen MR) is 109 cm³/mol. The van der Waals surface area contributed by atoms with E-state index in [1.807, 2.05) is 13.8 Å². The third kappa shape index (κ3) is 5.73. The molecule has 0 spiro atoms. The number of halogens is 1. The second kappa shape index (κ2) is 8.80. The van der Waals surface area contributed by atoms with Crippen molar-refractivity contribution in [3.05, 3.63) is 33.4 Å². The molecule has 0 unspecified atom stereocenters. The molecule has 2 rings (SSSR count). The molecule has 2 heterocycles. The van der Waals surface area contributed by atoms with Gasteiger partial charge in [0.25, 0.3) is 0 Å². The fraction of sp³-hybridized carbons (Fsp3) is 0.562. The number of aliphatic imine (C=N–C) groups is 1. The SMILES string of the molecule is CN=C(NCc1nc(C)c(C)o1)NCc1nc(C(C)(C)C)cs1.I. The van der Waals surface area contributed by atoms with Crippen molar-refractivity contribution < 1.29 is 4.42 Å². The first-order valence-corrected chi connectivity index (χ1v) is 8.50. The molecular weight excluding hydrogens is 437 g/mol. The largest absolute Gasteiger partial charge is 0.444 e. The Morgan fingerprint density at radius 3 is 2.38 bits per heavy atom. The lowest BCUT2D eigenvalue weighted by atomic mass is 9.93. The highest BCUT2D eigenvalue weighted by Crippen LogP contribution is 2.23. The lowest BCUT2D eigenvalue weighted by Crippen LogP contribution is -2.36. The lowest BCUT2D eigenvalue weighted by molar-refractivity contribution is 0.463. The molecule has 24 heavy (non-hydrogen) atoms. The van der Waals surface area contributed by atoms with Crippen LogP contribution in [0.5, 0.6) is 0 Å². The van der Waals surface area contributed by atoms with Gasteiger partial charge < -0.3 is 15.1 Å². The minimum absolute atomic E-state index is 0. The van der Waals surface area contributed by atoms with E-state index in [0.717, 1.165) is 22.2 Å². The molecule has 0 aliphatic carbocycles. The summed E-state index contributed by atoms with van der Waals surface area (Å²) in [6.07, 6.45) is 0. The van der Waals surface area contributed by atoms with Crippen LogP contribution in [0, 0.1) is 13.8 Å². The predicted octanol–water partition coefficient (Wildman–Crippen LogP) is 3.53. The Hall–Kier alpha value is -1.16. The topological polar surface area (TPSA) is 75.3 Å². The van der Waals surface area contributed by atoms with Crippen LogP contribution in [0.3, 0.4) is 0 Å². The number of oxazole rings is 1. The minimum atomic E-state index is 0. The molecular formula is C16H26IN5OS. The number of nitrogens with zero attached hydrogens (tertiary/aromatic N) is 3. The average molecular weight is 463 g/mol. The second-order valence-electron chi connectivity index (χ2n) is 6.41. The summed E-state index contributed by atoms with van der Waals surface area (Å²) in [5, 5.41) is 9.61. The molecule has 0 saturated heterocycles. The van der Waals surface area contributed by atoms with Crippen LogP contribution in [0.4, 0.5) is 0 Å². The molecule has 0 bridgehead atoms. The zero-order valence-corrected chi connectivity index (χ0v) is 18.2. The molecule has 0 aromatic carbocycles. The maximum absolute atomic E-state index is 5.55. The smallest absolute Gasteiger partial charge is 0.214 e. The number of aryl methyl sites for hydroxylation is 2. The zero-order valence-electron chi connectivity index (χ0n) is 15.1. The standard InChI is InChI=1S/C16H25N5OS.HI/c1-10-11(2)22-13(20-10)7-18-15(17-6)19-8-14-21-12(9-23-14)16(3,4)5;/h9H,7-8H2,1-6H3,(H2,17,18,19);1H. The van der Waals surface area contributed by atoms with Gasteiger partial charge in [0.2, 0.25) is 5.89 Å². The monoisotopic (exact) mass is 463 g/mol.